The number of unbranched alkanes of at least 4 members (excludes halogenated alkanes) is 4. The van der Waals surface area contributed by atoms with Gasteiger partial charge in [0.1, 0.15) is 0 Å². The standard InChI is InChI=1S/C15H34BN/c1-5-14(17-16)12-10-8-7-9-11-13-15(3,4)6-2/h14,17H,5-13,16H2,1-4H3. The van der Waals surface area contributed by atoms with E-state index in [-0.39, 0.29) is 0 Å². The summed E-state index contributed by atoms with van der Waals surface area (Å²) in [7, 11) is 2.08. The van der Waals surface area contributed by atoms with Gasteiger partial charge in [-0.15, -0.1) is 0 Å². The molecular formula is C15H34BN. The second-order valence-corrected chi connectivity index (χ2v) is 6.22. The molecule has 0 fully saturated rings. The Labute approximate surface area is 111 Å². The molecule has 0 spiro atoms. The van der Waals surface area contributed by atoms with Crippen LogP contribution < -0.4 is 5.23 Å². The number of rotatable bonds is 11. The molecule has 1 unspecified atom stereocenters. The molecule has 0 aromatic carbocycles. The summed E-state index contributed by atoms with van der Waals surface area (Å²) in [5, 5.41) is 3.38. The summed E-state index contributed by atoms with van der Waals surface area (Å²) in [4.78, 5) is 0. The lowest BCUT2D eigenvalue weighted by Crippen LogP contribution is -2.25. The lowest BCUT2D eigenvalue weighted by Gasteiger charge is -2.22. The van der Waals surface area contributed by atoms with E-state index in [2.05, 4.69) is 40.9 Å². The first-order valence-electron chi connectivity index (χ1n) is 7.73. The third-order valence-corrected chi connectivity index (χ3v) is 4.26. The molecule has 17 heavy (non-hydrogen) atoms. The minimum Gasteiger partial charge on any atom is -0.359 e. The molecule has 0 aliphatic heterocycles. The summed E-state index contributed by atoms with van der Waals surface area (Å²) in [5.41, 5.74) is 0.569. The first-order valence-corrected chi connectivity index (χ1v) is 7.73. The van der Waals surface area contributed by atoms with Gasteiger partial charge in [-0.2, -0.15) is 0 Å². The zero-order valence-corrected chi connectivity index (χ0v) is 12.9. The monoisotopic (exact) mass is 239 g/mol. The Balaban J connectivity index is 3.30. The highest BCUT2D eigenvalue weighted by molar-refractivity contribution is 6.04. The van der Waals surface area contributed by atoms with Crippen molar-refractivity contribution in [1.82, 2.24) is 5.23 Å². The minimum absolute atomic E-state index is 0.569. The van der Waals surface area contributed by atoms with Crippen LogP contribution in [0.5, 0.6) is 0 Å². The van der Waals surface area contributed by atoms with Crippen molar-refractivity contribution in [3.63, 3.8) is 0 Å². The number of hydrogen-bond donors (Lipinski definition) is 1. The maximum atomic E-state index is 3.38. The maximum Gasteiger partial charge on any atom is 0.182 e. The molecule has 0 amide bonds. The van der Waals surface area contributed by atoms with Gasteiger partial charge in [-0.3, -0.25) is 0 Å². The van der Waals surface area contributed by atoms with Crippen molar-refractivity contribution < 1.29 is 0 Å². The van der Waals surface area contributed by atoms with Crippen molar-refractivity contribution in [2.45, 2.75) is 91.5 Å². The summed E-state index contributed by atoms with van der Waals surface area (Å²) in [5.74, 6) is 0. The fourth-order valence-corrected chi connectivity index (χ4v) is 2.25. The van der Waals surface area contributed by atoms with Crippen molar-refractivity contribution in [1.29, 1.82) is 0 Å². The van der Waals surface area contributed by atoms with E-state index in [4.69, 9.17) is 0 Å². The van der Waals surface area contributed by atoms with E-state index in [1.807, 2.05) is 0 Å². The van der Waals surface area contributed by atoms with E-state index in [1.165, 1.54) is 57.8 Å². The van der Waals surface area contributed by atoms with Crippen LogP contribution in [-0.2, 0) is 0 Å². The van der Waals surface area contributed by atoms with Crippen LogP contribution in [0.15, 0.2) is 0 Å². The van der Waals surface area contributed by atoms with Crippen molar-refractivity contribution in [3.8, 4) is 0 Å². The molecule has 0 heterocycles. The molecule has 1 N–H and O–H groups in total. The average Bonchev–Trinajstić information content (AvgIpc) is 2.33. The third kappa shape index (κ3) is 9.70. The SMILES string of the molecule is BNC(CC)CCCCCCCC(C)(C)CC. The summed E-state index contributed by atoms with van der Waals surface area (Å²) < 4.78 is 0. The van der Waals surface area contributed by atoms with Gasteiger partial charge in [0, 0.05) is 0 Å². The van der Waals surface area contributed by atoms with Crippen LogP contribution in [0.1, 0.15) is 85.5 Å². The molecule has 0 aromatic rings. The molecule has 0 radical (unpaired) electrons. The fraction of sp³-hybridized carbons (Fsp3) is 1.00. The van der Waals surface area contributed by atoms with Gasteiger partial charge in [-0.05, 0) is 30.7 Å². The Kier molecular flexibility index (Phi) is 10.0. The van der Waals surface area contributed by atoms with Crippen LogP contribution in [0.4, 0.5) is 0 Å². The van der Waals surface area contributed by atoms with Gasteiger partial charge in [-0.1, -0.05) is 66.2 Å². The van der Waals surface area contributed by atoms with Crippen LogP contribution >= 0.6 is 0 Å². The predicted octanol–water partition coefficient (Wildman–Crippen LogP) is 4.07. The molecular weight excluding hydrogens is 205 g/mol. The van der Waals surface area contributed by atoms with E-state index in [0.717, 1.165) is 6.04 Å². The first kappa shape index (κ1) is 17.0. The fourth-order valence-electron chi connectivity index (χ4n) is 2.25. The molecule has 0 aromatic heterocycles. The van der Waals surface area contributed by atoms with Gasteiger partial charge in [0.2, 0.25) is 0 Å². The zero-order chi connectivity index (χ0) is 13.1. The Morgan fingerprint density at radius 1 is 1.00 bits per heavy atom. The van der Waals surface area contributed by atoms with Crippen molar-refractivity contribution >= 4 is 7.98 Å². The van der Waals surface area contributed by atoms with E-state index in [0.29, 0.717) is 5.41 Å². The second-order valence-electron chi connectivity index (χ2n) is 6.22. The van der Waals surface area contributed by atoms with Crippen LogP contribution in [-0.4, -0.2) is 14.0 Å². The molecule has 0 rings (SSSR count). The smallest absolute Gasteiger partial charge is 0.182 e. The first-order chi connectivity index (χ1) is 8.05. The van der Waals surface area contributed by atoms with Gasteiger partial charge < -0.3 is 5.23 Å². The Morgan fingerprint density at radius 3 is 2.12 bits per heavy atom. The van der Waals surface area contributed by atoms with Gasteiger partial charge in [0.05, 0.1) is 0 Å². The van der Waals surface area contributed by atoms with Gasteiger partial charge in [0.15, 0.2) is 7.98 Å². The summed E-state index contributed by atoms with van der Waals surface area (Å²) >= 11 is 0. The third-order valence-electron chi connectivity index (χ3n) is 4.26. The van der Waals surface area contributed by atoms with Crippen molar-refractivity contribution in [3.05, 3.63) is 0 Å². The number of nitrogens with one attached hydrogen (secondary N) is 1. The summed E-state index contributed by atoms with van der Waals surface area (Å²) in [6, 6.07) is 0.744. The maximum absolute atomic E-state index is 3.38. The summed E-state index contributed by atoms with van der Waals surface area (Å²) in [6.45, 7) is 9.37. The average molecular weight is 239 g/mol. The van der Waals surface area contributed by atoms with Gasteiger partial charge in [-0.25, -0.2) is 0 Å². The van der Waals surface area contributed by atoms with E-state index >= 15 is 0 Å². The predicted molar refractivity (Wildman–Crippen MR) is 82.1 cm³/mol. The molecule has 0 aliphatic carbocycles. The Hall–Kier alpha value is 0.0249. The Bertz CT molecular complexity index is 164. The zero-order valence-electron chi connectivity index (χ0n) is 12.9. The second kappa shape index (κ2) is 9.99. The Morgan fingerprint density at radius 2 is 1.59 bits per heavy atom. The topological polar surface area (TPSA) is 12.0 Å². The van der Waals surface area contributed by atoms with Crippen LogP contribution in [0.3, 0.4) is 0 Å². The lowest BCUT2D eigenvalue weighted by atomic mass is 9.84. The molecule has 2 heteroatoms. The van der Waals surface area contributed by atoms with Crippen LogP contribution in [0.25, 0.3) is 0 Å². The van der Waals surface area contributed by atoms with E-state index in [1.54, 1.807) is 0 Å². The molecule has 0 bridgehead atoms. The minimum atomic E-state index is 0.569. The quantitative estimate of drug-likeness (QED) is 0.423. The van der Waals surface area contributed by atoms with E-state index in [9.17, 15) is 0 Å². The number of hydrogen-bond acceptors (Lipinski definition) is 1. The largest absolute Gasteiger partial charge is 0.359 e. The highest BCUT2D eigenvalue weighted by atomic mass is 14.8. The van der Waals surface area contributed by atoms with Gasteiger partial charge >= 0.3 is 0 Å². The summed E-state index contributed by atoms with van der Waals surface area (Å²) in [6.07, 6.45) is 12.4. The highest BCUT2D eigenvalue weighted by Crippen LogP contribution is 2.27. The molecule has 0 aliphatic rings. The normalized spacial score (nSPS) is 13.9. The van der Waals surface area contributed by atoms with Crippen LogP contribution in [0.2, 0.25) is 0 Å². The lowest BCUT2D eigenvalue weighted by molar-refractivity contribution is 0.307. The molecule has 0 saturated heterocycles. The highest BCUT2D eigenvalue weighted by Gasteiger charge is 2.13. The molecule has 1 nitrogen and oxygen atoms in total. The molecule has 1 atom stereocenters. The molecule has 0 saturated carbocycles. The van der Waals surface area contributed by atoms with E-state index < -0.39 is 0 Å². The van der Waals surface area contributed by atoms with Crippen molar-refractivity contribution in [2.24, 2.45) is 5.41 Å². The molecule has 102 valence electrons. The van der Waals surface area contributed by atoms with Gasteiger partial charge in [0.25, 0.3) is 0 Å². The van der Waals surface area contributed by atoms with Crippen molar-refractivity contribution in [2.75, 3.05) is 0 Å². The van der Waals surface area contributed by atoms with Crippen LogP contribution in [0, 0.1) is 5.41 Å².